The highest BCUT2D eigenvalue weighted by Gasteiger charge is 2.45. The molecule has 2 aromatic rings. The van der Waals surface area contributed by atoms with E-state index < -0.39 is 17.7 Å². The summed E-state index contributed by atoms with van der Waals surface area (Å²) in [5.74, 6) is 0.00460. The Morgan fingerprint density at radius 2 is 1.69 bits per heavy atom. The molecule has 0 bridgehead atoms. The van der Waals surface area contributed by atoms with Gasteiger partial charge in [-0.25, -0.2) is 0 Å². The fourth-order valence-corrected chi connectivity index (χ4v) is 3.84. The first-order valence-corrected chi connectivity index (χ1v) is 10.6. The lowest BCUT2D eigenvalue weighted by atomic mass is 9.95. The SMILES string of the molecule is CCCN1C(=O)C(=O)/C(=C(\O)c2ccc(OC)c(OC)c2)C1c1ccc(OC(C)C)cc1. The molecule has 0 aliphatic carbocycles. The van der Waals surface area contributed by atoms with Crippen LogP contribution in [0.4, 0.5) is 0 Å². The maximum Gasteiger partial charge on any atom is 0.295 e. The van der Waals surface area contributed by atoms with Crippen LogP contribution in [0, 0.1) is 0 Å². The van der Waals surface area contributed by atoms with Crippen LogP contribution in [-0.2, 0) is 9.59 Å². The molecule has 170 valence electrons. The lowest BCUT2D eigenvalue weighted by Crippen LogP contribution is -2.30. The Morgan fingerprint density at radius 1 is 1.03 bits per heavy atom. The van der Waals surface area contributed by atoms with Crippen molar-refractivity contribution in [3.8, 4) is 17.2 Å². The summed E-state index contributed by atoms with van der Waals surface area (Å²) in [4.78, 5) is 27.3. The number of carbonyl (C=O) groups excluding carboxylic acids is 2. The Bertz CT molecular complexity index is 1030. The molecule has 1 fully saturated rings. The van der Waals surface area contributed by atoms with Gasteiger partial charge in [-0.2, -0.15) is 0 Å². The van der Waals surface area contributed by atoms with Crippen LogP contribution in [0.15, 0.2) is 48.0 Å². The standard InChI is InChI=1S/C25H29NO6/c1-6-13-26-22(16-7-10-18(11-8-16)32-15(2)3)21(24(28)25(26)29)23(27)17-9-12-19(30-4)20(14-17)31-5/h7-12,14-15,22,27H,6,13H2,1-5H3/b23-21-. The molecule has 1 unspecified atom stereocenters. The normalized spacial score (nSPS) is 17.7. The van der Waals surface area contributed by atoms with E-state index in [-0.39, 0.29) is 17.4 Å². The Labute approximate surface area is 188 Å². The first-order chi connectivity index (χ1) is 15.3. The molecule has 1 aliphatic heterocycles. The first-order valence-electron chi connectivity index (χ1n) is 10.6. The Kier molecular flexibility index (Phi) is 7.08. The predicted octanol–water partition coefficient (Wildman–Crippen LogP) is 4.32. The monoisotopic (exact) mass is 439 g/mol. The molecule has 1 atom stereocenters. The average molecular weight is 440 g/mol. The van der Waals surface area contributed by atoms with Gasteiger partial charge < -0.3 is 24.2 Å². The number of benzene rings is 2. The third kappa shape index (κ3) is 4.42. The molecule has 1 heterocycles. The number of rotatable bonds is 8. The van der Waals surface area contributed by atoms with Gasteiger partial charge in [-0.1, -0.05) is 19.1 Å². The van der Waals surface area contributed by atoms with Crippen molar-refractivity contribution in [2.24, 2.45) is 0 Å². The average Bonchev–Trinajstić information content (AvgIpc) is 3.03. The van der Waals surface area contributed by atoms with Crippen molar-refractivity contribution >= 4 is 17.4 Å². The van der Waals surface area contributed by atoms with Gasteiger partial charge in [0.15, 0.2) is 11.5 Å². The van der Waals surface area contributed by atoms with Crippen molar-refractivity contribution in [3.63, 3.8) is 0 Å². The van der Waals surface area contributed by atoms with E-state index in [4.69, 9.17) is 14.2 Å². The Balaban J connectivity index is 2.12. The van der Waals surface area contributed by atoms with E-state index in [1.54, 1.807) is 30.3 Å². The topological polar surface area (TPSA) is 85.3 Å². The van der Waals surface area contributed by atoms with E-state index in [1.807, 2.05) is 32.9 Å². The lowest BCUT2D eigenvalue weighted by molar-refractivity contribution is -0.139. The molecular weight excluding hydrogens is 410 g/mol. The minimum absolute atomic E-state index is 0.0247. The summed E-state index contributed by atoms with van der Waals surface area (Å²) in [7, 11) is 3.00. The molecule has 2 aromatic carbocycles. The lowest BCUT2D eigenvalue weighted by Gasteiger charge is -2.25. The number of ketones is 1. The second kappa shape index (κ2) is 9.77. The number of hydrogen-bond acceptors (Lipinski definition) is 6. The van der Waals surface area contributed by atoms with Gasteiger partial charge in [0, 0.05) is 12.1 Å². The number of Topliss-reactive ketones (excluding diaryl/α,β-unsaturated/α-hetero) is 1. The van der Waals surface area contributed by atoms with Gasteiger partial charge >= 0.3 is 0 Å². The maximum absolute atomic E-state index is 13.0. The fraction of sp³-hybridized carbons (Fsp3) is 0.360. The van der Waals surface area contributed by atoms with Crippen LogP contribution in [0.25, 0.3) is 5.76 Å². The van der Waals surface area contributed by atoms with Crippen molar-refractivity contribution in [1.29, 1.82) is 0 Å². The first kappa shape index (κ1) is 23.2. The molecule has 7 nitrogen and oxygen atoms in total. The number of methoxy groups -OCH3 is 2. The largest absolute Gasteiger partial charge is 0.507 e. The highest BCUT2D eigenvalue weighted by Crippen LogP contribution is 2.41. The third-order valence-electron chi connectivity index (χ3n) is 5.23. The summed E-state index contributed by atoms with van der Waals surface area (Å²) in [5, 5.41) is 11.1. The summed E-state index contributed by atoms with van der Waals surface area (Å²) < 4.78 is 16.3. The zero-order chi connectivity index (χ0) is 23.4. The van der Waals surface area contributed by atoms with E-state index in [9.17, 15) is 14.7 Å². The summed E-state index contributed by atoms with van der Waals surface area (Å²) in [6.07, 6.45) is 0.700. The van der Waals surface area contributed by atoms with Crippen LogP contribution in [0.2, 0.25) is 0 Å². The van der Waals surface area contributed by atoms with Crippen molar-refractivity contribution < 1.29 is 28.9 Å². The van der Waals surface area contributed by atoms with E-state index in [1.165, 1.54) is 19.1 Å². The van der Waals surface area contributed by atoms with E-state index in [0.717, 1.165) is 5.56 Å². The molecule has 0 aromatic heterocycles. The molecule has 1 amide bonds. The molecular formula is C25H29NO6. The molecule has 0 radical (unpaired) electrons. The van der Waals surface area contributed by atoms with Crippen LogP contribution in [0.5, 0.6) is 17.2 Å². The highest BCUT2D eigenvalue weighted by molar-refractivity contribution is 6.46. The molecule has 32 heavy (non-hydrogen) atoms. The molecule has 0 spiro atoms. The van der Waals surface area contributed by atoms with Crippen LogP contribution < -0.4 is 14.2 Å². The quantitative estimate of drug-likeness (QED) is 0.375. The van der Waals surface area contributed by atoms with Crippen LogP contribution in [0.3, 0.4) is 0 Å². The number of amides is 1. The maximum atomic E-state index is 13.0. The highest BCUT2D eigenvalue weighted by atomic mass is 16.5. The van der Waals surface area contributed by atoms with Crippen molar-refractivity contribution in [2.45, 2.75) is 39.3 Å². The molecule has 3 rings (SSSR count). The van der Waals surface area contributed by atoms with Crippen molar-refractivity contribution in [2.75, 3.05) is 20.8 Å². The van der Waals surface area contributed by atoms with Crippen LogP contribution >= 0.6 is 0 Å². The summed E-state index contributed by atoms with van der Waals surface area (Å²) in [6.45, 7) is 6.20. The fourth-order valence-electron chi connectivity index (χ4n) is 3.84. The van der Waals surface area contributed by atoms with Crippen LogP contribution in [-0.4, -0.2) is 48.6 Å². The molecule has 0 saturated carbocycles. The van der Waals surface area contributed by atoms with Gasteiger partial charge in [0.1, 0.15) is 11.5 Å². The molecule has 1 aliphatic rings. The van der Waals surface area contributed by atoms with E-state index in [2.05, 4.69) is 0 Å². The summed E-state index contributed by atoms with van der Waals surface area (Å²) in [6, 6.07) is 11.4. The second-order valence-electron chi connectivity index (χ2n) is 7.80. The zero-order valence-electron chi connectivity index (χ0n) is 19.0. The minimum Gasteiger partial charge on any atom is -0.507 e. The third-order valence-corrected chi connectivity index (χ3v) is 5.23. The number of likely N-dealkylation sites (tertiary alicyclic amines) is 1. The van der Waals surface area contributed by atoms with E-state index in [0.29, 0.717) is 35.8 Å². The molecule has 7 heteroatoms. The number of hydrogen-bond donors (Lipinski definition) is 1. The predicted molar refractivity (Wildman–Crippen MR) is 121 cm³/mol. The number of aliphatic hydroxyl groups is 1. The van der Waals surface area contributed by atoms with Gasteiger partial charge in [0.25, 0.3) is 11.7 Å². The smallest absolute Gasteiger partial charge is 0.295 e. The van der Waals surface area contributed by atoms with Gasteiger partial charge in [-0.15, -0.1) is 0 Å². The van der Waals surface area contributed by atoms with Crippen molar-refractivity contribution in [3.05, 3.63) is 59.2 Å². The van der Waals surface area contributed by atoms with Crippen LogP contribution in [0.1, 0.15) is 44.4 Å². The van der Waals surface area contributed by atoms with Gasteiger partial charge in [0.2, 0.25) is 0 Å². The minimum atomic E-state index is -0.710. The van der Waals surface area contributed by atoms with E-state index >= 15 is 0 Å². The van der Waals surface area contributed by atoms with Crippen molar-refractivity contribution in [1.82, 2.24) is 4.90 Å². The Morgan fingerprint density at radius 3 is 2.25 bits per heavy atom. The number of nitrogens with zero attached hydrogens (tertiary/aromatic N) is 1. The second-order valence-corrected chi connectivity index (χ2v) is 7.80. The number of ether oxygens (including phenoxy) is 3. The Hall–Kier alpha value is -3.48. The van der Waals surface area contributed by atoms with Gasteiger partial charge in [0.05, 0.1) is 31.9 Å². The zero-order valence-corrected chi connectivity index (χ0v) is 19.0. The number of carbonyl (C=O) groups is 2. The summed E-state index contributed by atoms with van der Waals surface area (Å²) in [5.41, 5.74) is 1.13. The summed E-state index contributed by atoms with van der Waals surface area (Å²) >= 11 is 0. The molecule has 1 N–H and O–H groups in total. The molecule has 1 saturated heterocycles. The number of aliphatic hydroxyl groups excluding tert-OH is 1. The van der Waals surface area contributed by atoms with Gasteiger partial charge in [-0.05, 0) is 56.2 Å². The van der Waals surface area contributed by atoms with Gasteiger partial charge in [-0.3, -0.25) is 9.59 Å².